The van der Waals surface area contributed by atoms with E-state index < -0.39 is 5.54 Å². The molecule has 0 spiro atoms. The lowest BCUT2D eigenvalue weighted by atomic mass is 9.89. The Morgan fingerprint density at radius 1 is 1.14 bits per heavy atom. The van der Waals surface area contributed by atoms with Gasteiger partial charge >= 0.3 is 12.1 Å². The molecular weight excluding hydrogens is 470 g/mol. The molecule has 2 aromatic carbocycles. The topological polar surface area (TPSA) is 137 Å². The highest BCUT2D eigenvalue weighted by atomic mass is 16.2. The minimum absolute atomic E-state index is 0.0434. The highest BCUT2D eigenvalue weighted by Gasteiger charge is 2.42. The van der Waals surface area contributed by atoms with Crippen molar-refractivity contribution < 1.29 is 19.8 Å². The van der Waals surface area contributed by atoms with E-state index in [2.05, 4.69) is 10.6 Å². The van der Waals surface area contributed by atoms with E-state index in [-0.39, 0.29) is 24.0 Å². The van der Waals surface area contributed by atoms with Crippen molar-refractivity contribution in [2.45, 2.75) is 50.9 Å². The molecule has 5 amide bonds. The van der Waals surface area contributed by atoms with Crippen molar-refractivity contribution in [3.05, 3.63) is 58.7 Å². The predicted molar refractivity (Wildman–Crippen MR) is 141 cm³/mol. The smallest absolute Gasteiger partial charge is 0.322 e. The molecule has 0 radical (unpaired) electrons. The molecule has 1 saturated heterocycles. The Morgan fingerprint density at radius 3 is 2.59 bits per heavy atom. The summed E-state index contributed by atoms with van der Waals surface area (Å²) < 4.78 is 0. The average molecular weight is 505 g/mol. The Bertz CT molecular complexity index is 1270. The Kier molecular flexibility index (Phi) is 6.26. The summed E-state index contributed by atoms with van der Waals surface area (Å²) in [7, 11) is 1.72. The number of nitrogens with zero attached hydrogens (tertiary/aromatic N) is 3. The number of benzene rings is 2. The lowest BCUT2D eigenvalue weighted by Crippen LogP contribution is -2.61. The molecule has 0 bridgehead atoms. The van der Waals surface area contributed by atoms with E-state index in [0.717, 1.165) is 27.9 Å². The summed E-state index contributed by atoms with van der Waals surface area (Å²) in [6, 6.07) is 11.2. The van der Waals surface area contributed by atoms with Crippen LogP contribution in [-0.2, 0) is 24.3 Å². The maximum Gasteiger partial charge on any atom is 0.322 e. The SMILES string of the molecule is CN1Cc2c(ccc(N)c2C=[NH2+])C[C@@](C)(NC(=O)N2CCC(N3Cc4ccccc4NC3=O)CC2)C1=O. The number of urea groups is 2. The van der Waals surface area contributed by atoms with Crippen LogP contribution < -0.4 is 21.8 Å². The molecule has 6 N–H and O–H groups in total. The third-order valence-electron chi connectivity index (χ3n) is 7.85. The Labute approximate surface area is 216 Å². The molecule has 194 valence electrons. The van der Waals surface area contributed by atoms with E-state index in [9.17, 15) is 14.4 Å². The van der Waals surface area contributed by atoms with Crippen LogP contribution in [0.25, 0.3) is 0 Å². The third kappa shape index (κ3) is 4.47. The van der Waals surface area contributed by atoms with Gasteiger partial charge in [0.05, 0.1) is 5.56 Å². The first-order valence-corrected chi connectivity index (χ1v) is 12.6. The molecule has 1 fully saturated rings. The first kappa shape index (κ1) is 24.6. The second-order valence-corrected chi connectivity index (χ2v) is 10.4. The van der Waals surface area contributed by atoms with E-state index in [4.69, 9.17) is 11.1 Å². The van der Waals surface area contributed by atoms with Crippen LogP contribution >= 0.6 is 0 Å². The summed E-state index contributed by atoms with van der Waals surface area (Å²) in [5, 5.41) is 11.8. The number of hydrogen-bond acceptors (Lipinski definition) is 4. The summed E-state index contributed by atoms with van der Waals surface area (Å²) in [5.74, 6) is -0.169. The number of nitrogens with one attached hydrogen (secondary N) is 2. The number of rotatable bonds is 3. The van der Waals surface area contributed by atoms with Gasteiger partial charge in [0.25, 0.3) is 0 Å². The number of carbonyl (C=O) groups is 3. The molecule has 37 heavy (non-hydrogen) atoms. The molecule has 0 aromatic heterocycles. The number of nitrogens with two attached hydrogens (primary N) is 2. The molecule has 5 rings (SSSR count). The van der Waals surface area contributed by atoms with Crippen molar-refractivity contribution in [3.8, 4) is 0 Å². The van der Waals surface area contributed by atoms with Crippen molar-refractivity contribution >= 4 is 35.6 Å². The normalized spacial score (nSPS) is 22.1. The van der Waals surface area contributed by atoms with Gasteiger partial charge < -0.3 is 31.1 Å². The quantitative estimate of drug-likeness (QED) is 0.365. The fourth-order valence-electron chi connectivity index (χ4n) is 5.77. The van der Waals surface area contributed by atoms with Crippen LogP contribution in [0.2, 0.25) is 0 Å². The van der Waals surface area contributed by atoms with Crippen molar-refractivity contribution in [3.63, 3.8) is 0 Å². The van der Waals surface area contributed by atoms with Crippen LogP contribution in [0.3, 0.4) is 0 Å². The van der Waals surface area contributed by atoms with Gasteiger partial charge in [-0.1, -0.05) is 24.3 Å². The first-order valence-electron chi connectivity index (χ1n) is 12.6. The number of nitrogen functional groups attached to an aromatic ring is 1. The van der Waals surface area contributed by atoms with Crippen LogP contribution in [-0.4, -0.2) is 70.6 Å². The number of para-hydroxylation sites is 1. The number of likely N-dealkylation sites (tertiary alicyclic amines) is 1. The number of hydrogen-bond donors (Lipinski definition) is 4. The number of fused-ring (bicyclic) bond motifs is 2. The summed E-state index contributed by atoms with van der Waals surface area (Å²) >= 11 is 0. The maximum atomic E-state index is 13.4. The van der Waals surface area contributed by atoms with Crippen molar-refractivity contribution in [1.82, 2.24) is 20.0 Å². The van der Waals surface area contributed by atoms with Crippen LogP contribution in [0.15, 0.2) is 36.4 Å². The fraction of sp³-hybridized carbons (Fsp3) is 0.407. The summed E-state index contributed by atoms with van der Waals surface area (Å²) in [4.78, 5) is 44.7. The van der Waals surface area contributed by atoms with E-state index >= 15 is 0 Å². The summed E-state index contributed by atoms with van der Waals surface area (Å²) in [6.45, 7) is 3.69. The number of carbonyl (C=O) groups excluding carboxylic acids is 3. The number of anilines is 2. The highest BCUT2D eigenvalue weighted by molar-refractivity contribution is 5.94. The molecule has 3 heterocycles. The third-order valence-corrected chi connectivity index (χ3v) is 7.85. The van der Waals surface area contributed by atoms with E-state index in [0.29, 0.717) is 51.1 Å². The molecule has 0 unspecified atom stereocenters. The van der Waals surface area contributed by atoms with Crippen LogP contribution in [0, 0.1) is 0 Å². The van der Waals surface area contributed by atoms with Gasteiger partial charge in [0.1, 0.15) is 5.54 Å². The number of likely N-dealkylation sites (N-methyl/N-ethyl adjacent to an activating group) is 1. The van der Waals surface area contributed by atoms with Gasteiger partial charge in [-0.15, -0.1) is 0 Å². The van der Waals surface area contributed by atoms with Gasteiger partial charge in [-0.3, -0.25) is 10.2 Å². The molecule has 1 atom stereocenters. The van der Waals surface area contributed by atoms with Gasteiger partial charge in [0.2, 0.25) is 5.91 Å². The van der Waals surface area contributed by atoms with E-state index in [1.165, 1.54) is 6.21 Å². The minimum Gasteiger partial charge on any atom is -0.398 e. The van der Waals surface area contributed by atoms with Crippen LogP contribution in [0.1, 0.15) is 42.0 Å². The van der Waals surface area contributed by atoms with E-state index in [1.54, 1.807) is 29.8 Å². The molecule has 2 aromatic rings. The van der Waals surface area contributed by atoms with Gasteiger partial charge in [0, 0.05) is 57.1 Å². The van der Waals surface area contributed by atoms with Crippen LogP contribution in [0.5, 0.6) is 0 Å². The highest BCUT2D eigenvalue weighted by Crippen LogP contribution is 2.31. The summed E-state index contributed by atoms with van der Waals surface area (Å²) in [6.07, 6.45) is 3.15. The van der Waals surface area contributed by atoms with Crippen molar-refractivity contribution in [1.29, 1.82) is 0 Å². The molecule has 0 saturated carbocycles. The average Bonchev–Trinajstić information content (AvgIpc) is 2.98. The van der Waals surface area contributed by atoms with Crippen molar-refractivity contribution in [2.24, 2.45) is 0 Å². The van der Waals surface area contributed by atoms with Gasteiger partial charge in [-0.05, 0) is 48.6 Å². The first-order chi connectivity index (χ1) is 17.7. The molecular formula is C27H34N7O3+. The molecule has 0 aliphatic carbocycles. The molecule has 3 aliphatic rings. The van der Waals surface area contributed by atoms with Gasteiger partial charge in [-0.2, -0.15) is 0 Å². The summed E-state index contributed by atoms with van der Waals surface area (Å²) in [5.41, 5.74) is 10.0. The van der Waals surface area contributed by atoms with Gasteiger partial charge in [0.15, 0.2) is 6.21 Å². The lowest BCUT2D eigenvalue weighted by Gasteiger charge is -2.41. The lowest BCUT2D eigenvalue weighted by molar-refractivity contribution is -0.136. The monoisotopic (exact) mass is 504 g/mol. The largest absolute Gasteiger partial charge is 0.398 e. The Hall–Kier alpha value is -4.08. The van der Waals surface area contributed by atoms with Crippen LogP contribution in [0.4, 0.5) is 21.0 Å². The maximum absolute atomic E-state index is 13.4. The number of piperidine rings is 1. The van der Waals surface area contributed by atoms with Gasteiger partial charge in [-0.25, -0.2) is 9.59 Å². The molecule has 3 aliphatic heterocycles. The zero-order valence-corrected chi connectivity index (χ0v) is 21.3. The van der Waals surface area contributed by atoms with E-state index in [1.807, 2.05) is 35.2 Å². The second kappa shape index (κ2) is 9.42. The predicted octanol–water partition coefficient (Wildman–Crippen LogP) is 0.942. The minimum atomic E-state index is -1.12. The standard InChI is InChI=1S/C27H33N7O3/c1-27(13-17-7-8-22(29)20(14-28)21(17)16-32(2)24(27)35)31-26(37)33-11-9-19(10-12-33)34-15-18-5-3-4-6-23(18)30-25(34)36/h3-8,14,19,28H,9-13,15-16,29H2,1-2H3,(H,30,36)(H,31,37)/p+1/t27-/m1/s1. The van der Waals surface area contributed by atoms with Crippen molar-refractivity contribution in [2.75, 3.05) is 31.2 Å². The zero-order chi connectivity index (χ0) is 26.3. The second-order valence-electron chi connectivity index (χ2n) is 10.4. The Balaban J connectivity index is 1.26. The number of amides is 5. The zero-order valence-electron chi connectivity index (χ0n) is 21.3. The fourth-order valence-corrected chi connectivity index (χ4v) is 5.77. The molecule has 10 heteroatoms. The molecule has 10 nitrogen and oxygen atoms in total. The Morgan fingerprint density at radius 2 is 1.86 bits per heavy atom.